The van der Waals surface area contributed by atoms with Gasteiger partial charge >= 0.3 is 5.97 Å². The van der Waals surface area contributed by atoms with Gasteiger partial charge in [0.15, 0.2) is 0 Å². The highest BCUT2D eigenvalue weighted by molar-refractivity contribution is 5.94. The van der Waals surface area contributed by atoms with Gasteiger partial charge in [-0.05, 0) is 37.1 Å². The van der Waals surface area contributed by atoms with Gasteiger partial charge in [0.05, 0.1) is 5.41 Å². The number of benzene rings is 1. The number of carboxylic acid groups (broad SMARTS) is 1. The number of amides is 1. The van der Waals surface area contributed by atoms with Crippen LogP contribution in [0.5, 0.6) is 5.75 Å². The van der Waals surface area contributed by atoms with Crippen molar-refractivity contribution in [2.45, 2.75) is 26.7 Å². The third-order valence-corrected chi connectivity index (χ3v) is 3.52. The van der Waals surface area contributed by atoms with Crippen LogP contribution in [0.2, 0.25) is 0 Å². The van der Waals surface area contributed by atoms with E-state index in [1.54, 1.807) is 13.8 Å². The fourth-order valence-corrected chi connectivity index (χ4v) is 1.84. The molecule has 0 radical (unpaired) electrons. The summed E-state index contributed by atoms with van der Waals surface area (Å²) in [5.74, 6) is -1.16. The molecule has 0 unspecified atom stereocenters. The lowest BCUT2D eigenvalue weighted by atomic mass is 9.82. The highest BCUT2D eigenvalue weighted by atomic mass is 16.4. The molecule has 0 saturated heterocycles. The number of aliphatic carboxylic acids is 1. The molecule has 5 heteroatoms. The molecular weight excluding hydrogens is 246 g/mol. The SMILES string of the molecule is CCC(CC)(CNC(=O)c1ccc(O)cc1)C(=O)O. The number of phenolic OH excluding ortho intramolecular Hbond substituents is 1. The average molecular weight is 265 g/mol. The molecule has 1 rings (SSSR count). The Kier molecular flexibility index (Phi) is 4.92. The second-order valence-corrected chi connectivity index (χ2v) is 4.52. The molecule has 0 saturated carbocycles. The van der Waals surface area contributed by atoms with Crippen LogP contribution in [0.3, 0.4) is 0 Å². The predicted molar refractivity (Wildman–Crippen MR) is 71.1 cm³/mol. The van der Waals surface area contributed by atoms with Crippen LogP contribution in [0.25, 0.3) is 0 Å². The lowest BCUT2D eigenvalue weighted by Crippen LogP contribution is -2.42. The number of carbonyl (C=O) groups excluding carboxylic acids is 1. The van der Waals surface area contributed by atoms with Crippen LogP contribution in [0.1, 0.15) is 37.0 Å². The molecule has 0 atom stereocenters. The van der Waals surface area contributed by atoms with Gasteiger partial charge in [0, 0.05) is 12.1 Å². The standard InChI is InChI=1S/C14H19NO4/c1-3-14(4-2,13(18)19)9-15-12(17)10-5-7-11(16)8-6-10/h5-8,16H,3-4,9H2,1-2H3,(H,15,17)(H,18,19). The summed E-state index contributed by atoms with van der Waals surface area (Å²) in [6.07, 6.45) is 0.906. The van der Waals surface area contributed by atoms with Crippen molar-refractivity contribution in [1.29, 1.82) is 0 Å². The van der Waals surface area contributed by atoms with E-state index in [0.717, 1.165) is 0 Å². The van der Waals surface area contributed by atoms with E-state index in [-0.39, 0.29) is 18.2 Å². The molecule has 0 aliphatic rings. The maximum atomic E-state index is 11.9. The van der Waals surface area contributed by atoms with Gasteiger partial charge in [-0.15, -0.1) is 0 Å². The number of phenols is 1. The van der Waals surface area contributed by atoms with Crippen LogP contribution in [0, 0.1) is 5.41 Å². The summed E-state index contributed by atoms with van der Waals surface area (Å²) in [4.78, 5) is 23.2. The van der Waals surface area contributed by atoms with Gasteiger partial charge in [0.25, 0.3) is 5.91 Å². The quantitative estimate of drug-likeness (QED) is 0.734. The van der Waals surface area contributed by atoms with Crippen molar-refractivity contribution in [3.8, 4) is 5.75 Å². The number of carbonyl (C=O) groups is 2. The molecule has 0 aromatic heterocycles. The van der Waals surface area contributed by atoms with Gasteiger partial charge in [-0.25, -0.2) is 0 Å². The second-order valence-electron chi connectivity index (χ2n) is 4.52. The maximum absolute atomic E-state index is 11.9. The minimum atomic E-state index is -0.924. The van der Waals surface area contributed by atoms with Crippen molar-refractivity contribution in [2.24, 2.45) is 5.41 Å². The molecule has 1 amide bonds. The zero-order valence-electron chi connectivity index (χ0n) is 11.1. The first-order chi connectivity index (χ1) is 8.95. The highest BCUT2D eigenvalue weighted by Gasteiger charge is 2.35. The number of aromatic hydroxyl groups is 1. The molecule has 0 heterocycles. The number of nitrogens with one attached hydrogen (secondary N) is 1. The topological polar surface area (TPSA) is 86.6 Å². The fourth-order valence-electron chi connectivity index (χ4n) is 1.84. The Morgan fingerprint density at radius 3 is 2.11 bits per heavy atom. The monoisotopic (exact) mass is 265 g/mol. The normalized spacial score (nSPS) is 11.1. The smallest absolute Gasteiger partial charge is 0.311 e. The number of rotatable bonds is 6. The minimum absolute atomic E-state index is 0.0820. The van der Waals surface area contributed by atoms with Gasteiger partial charge in [-0.2, -0.15) is 0 Å². The summed E-state index contributed by atoms with van der Waals surface area (Å²) in [5.41, 5.74) is -0.531. The first-order valence-electron chi connectivity index (χ1n) is 6.26. The maximum Gasteiger partial charge on any atom is 0.311 e. The first kappa shape index (κ1) is 15.0. The molecular formula is C14H19NO4. The van der Waals surface area contributed by atoms with Crippen molar-refractivity contribution in [2.75, 3.05) is 6.54 Å². The molecule has 5 nitrogen and oxygen atoms in total. The molecule has 3 N–H and O–H groups in total. The summed E-state index contributed by atoms with van der Waals surface area (Å²) in [5, 5.41) is 21.0. The summed E-state index contributed by atoms with van der Waals surface area (Å²) in [6, 6.07) is 5.81. The Morgan fingerprint density at radius 2 is 1.68 bits per heavy atom. The van der Waals surface area contributed by atoms with Gasteiger partial charge in [0.1, 0.15) is 5.75 Å². The van der Waals surface area contributed by atoms with Crippen LogP contribution in [-0.4, -0.2) is 28.6 Å². The number of hydrogen-bond donors (Lipinski definition) is 3. The lowest BCUT2D eigenvalue weighted by Gasteiger charge is -2.26. The molecule has 0 bridgehead atoms. The number of carboxylic acids is 1. The summed E-state index contributed by atoms with van der Waals surface area (Å²) < 4.78 is 0. The van der Waals surface area contributed by atoms with E-state index in [4.69, 9.17) is 5.11 Å². The van der Waals surface area contributed by atoms with Crippen LogP contribution in [-0.2, 0) is 4.79 Å². The first-order valence-corrected chi connectivity index (χ1v) is 6.26. The molecule has 0 fully saturated rings. The third kappa shape index (κ3) is 3.47. The van der Waals surface area contributed by atoms with Crippen LogP contribution >= 0.6 is 0 Å². The van der Waals surface area contributed by atoms with Gasteiger partial charge < -0.3 is 15.5 Å². The molecule has 0 aliphatic heterocycles. The Labute approximate surface area is 112 Å². The van der Waals surface area contributed by atoms with Crippen molar-refractivity contribution in [1.82, 2.24) is 5.32 Å². The fraction of sp³-hybridized carbons (Fsp3) is 0.429. The van der Waals surface area contributed by atoms with Gasteiger partial charge in [-0.1, -0.05) is 13.8 Å². The lowest BCUT2D eigenvalue weighted by molar-refractivity contribution is -0.149. The van der Waals surface area contributed by atoms with Crippen molar-refractivity contribution in [3.05, 3.63) is 29.8 Å². The predicted octanol–water partition coefficient (Wildman–Crippen LogP) is 2.01. The largest absolute Gasteiger partial charge is 0.508 e. The van der Waals surface area contributed by atoms with E-state index in [2.05, 4.69) is 5.32 Å². The van der Waals surface area contributed by atoms with E-state index < -0.39 is 11.4 Å². The molecule has 0 aliphatic carbocycles. The molecule has 0 spiro atoms. The molecule has 19 heavy (non-hydrogen) atoms. The van der Waals surface area contributed by atoms with E-state index in [9.17, 15) is 14.7 Å². The third-order valence-electron chi connectivity index (χ3n) is 3.52. The Morgan fingerprint density at radius 1 is 1.16 bits per heavy atom. The van der Waals surface area contributed by atoms with E-state index in [0.29, 0.717) is 18.4 Å². The second kappa shape index (κ2) is 6.22. The van der Waals surface area contributed by atoms with Crippen molar-refractivity contribution < 1.29 is 19.8 Å². The van der Waals surface area contributed by atoms with Crippen molar-refractivity contribution in [3.63, 3.8) is 0 Å². The summed E-state index contributed by atoms with van der Waals surface area (Å²) >= 11 is 0. The van der Waals surface area contributed by atoms with Crippen LogP contribution < -0.4 is 5.32 Å². The van der Waals surface area contributed by atoms with E-state index in [1.807, 2.05) is 0 Å². The minimum Gasteiger partial charge on any atom is -0.508 e. The zero-order chi connectivity index (χ0) is 14.5. The van der Waals surface area contributed by atoms with Gasteiger partial charge in [-0.3, -0.25) is 9.59 Å². The summed E-state index contributed by atoms with van der Waals surface area (Å²) in [6.45, 7) is 3.68. The van der Waals surface area contributed by atoms with E-state index in [1.165, 1.54) is 24.3 Å². The summed E-state index contributed by atoms with van der Waals surface area (Å²) in [7, 11) is 0. The average Bonchev–Trinajstić information content (AvgIpc) is 2.40. The molecule has 104 valence electrons. The van der Waals surface area contributed by atoms with E-state index >= 15 is 0 Å². The Hall–Kier alpha value is -2.04. The Bertz CT molecular complexity index is 449. The van der Waals surface area contributed by atoms with Crippen LogP contribution in [0.15, 0.2) is 24.3 Å². The Balaban J connectivity index is 2.72. The number of hydrogen-bond acceptors (Lipinski definition) is 3. The molecule has 1 aromatic carbocycles. The van der Waals surface area contributed by atoms with Gasteiger partial charge in [0.2, 0.25) is 0 Å². The highest BCUT2D eigenvalue weighted by Crippen LogP contribution is 2.25. The molecule has 1 aromatic rings. The van der Waals surface area contributed by atoms with Crippen LogP contribution in [0.4, 0.5) is 0 Å². The van der Waals surface area contributed by atoms with Crippen molar-refractivity contribution >= 4 is 11.9 Å². The zero-order valence-corrected chi connectivity index (χ0v) is 11.1.